The summed E-state index contributed by atoms with van der Waals surface area (Å²) in [4.78, 5) is 25.9. The minimum atomic E-state index is -0.00551. The Labute approximate surface area is 249 Å². The molecule has 2 unspecified atom stereocenters. The molecule has 3 aromatic heterocycles. The van der Waals surface area contributed by atoms with Gasteiger partial charge in [0.1, 0.15) is 16.9 Å². The normalized spacial score (nSPS) is 21.4. The highest BCUT2D eigenvalue weighted by Crippen LogP contribution is 2.40. The maximum absolute atomic E-state index is 13.7. The van der Waals surface area contributed by atoms with E-state index in [1.807, 2.05) is 54.4 Å². The Bertz CT molecular complexity index is 1900. The molecule has 9 nitrogen and oxygen atoms in total. The van der Waals surface area contributed by atoms with E-state index in [-0.39, 0.29) is 24.6 Å². The van der Waals surface area contributed by atoms with Crippen LogP contribution in [-0.2, 0) is 20.2 Å². The molecule has 2 bridgehead atoms. The molecule has 1 amide bonds. The van der Waals surface area contributed by atoms with Crippen molar-refractivity contribution in [2.45, 2.75) is 50.9 Å². The summed E-state index contributed by atoms with van der Waals surface area (Å²) in [6.45, 7) is 1.58. The van der Waals surface area contributed by atoms with Gasteiger partial charge in [0.15, 0.2) is 5.82 Å². The second-order valence-electron chi connectivity index (χ2n) is 12.5. The van der Waals surface area contributed by atoms with E-state index in [2.05, 4.69) is 21.3 Å². The third kappa shape index (κ3) is 4.24. The molecule has 3 atom stereocenters. The van der Waals surface area contributed by atoms with Crippen molar-refractivity contribution >= 4 is 28.0 Å². The molecular weight excluding hydrogens is 540 g/mol. The standard InChI is InChI=1S/C34H36N6O3/c1-38-31-26(13-24(15-29(31)43-2)34(42)40-17-23-9-11-27(40)30(23)35)37-33(38)28-14-22-8-10-25(21-5-3-4-20(12-21)18-41)36-32(22)39(28)16-19-6-7-19/h3-5,8,10,12-15,19,23,27,30,41H,6-7,9,11,16-18,35H2,1-2H3/t23?,27?,30-/m1/s1. The van der Waals surface area contributed by atoms with Crippen LogP contribution in [0.25, 0.3) is 44.8 Å². The number of carbonyl (C=O) groups excluding carboxylic acids is 1. The predicted molar refractivity (Wildman–Crippen MR) is 166 cm³/mol. The van der Waals surface area contributed by atoms with Gasteiger partial charge in [-0.15, -0.1) is 0 Å². The van der Waals surface area contributed by atoms with Gasteiger partial charge >= 0.3 is 0 Å². The van der Waals surface area contributed by atoms with Crippen molar-refractivity contribution < 1.29 is 14.6 Å². The van der Waals surface area contributed by atoms with Crippen LogP contribution in [0.4, 0.5) is 0 Å². The number of aryl methyl sites for hydroxylation is 1. The molecule has 4 heterocycles. The SMILES string of the molecule is COc1cc(C(=O)N2CC3CCC2[C@@H]3N)cc2nc(-c3cc4ccc(-c5cccc(CO)c5)nc4n3CC3CC3)n(C)c12. The number of fused-ring (bicyclic) bond motifs is 4. The van der Waals surface area contributed by atoms with Crippen LogP contribution in [0, 0.1) is 11.8 Å². The van der Waals surface area contributed by atoms with Crippen LogP contribution in [0.1, 0.15) is 41.6 Å². The van der Waals surface area contributed by atoms with Gasteiger partial charge in [0.05, 0.1) is 30.6 Å². The molecule has 1 aliphatic heterocycles. The third-order valence-corrected chi connectivity index (χ3v) is 9.83. The van der Waals surface area contributed by atoms with Crippen molar-refractivity contribution in [1.82, 2.24) is 24.0 Å². The van der Waals surface area contributed by atoms with Crippen molar-refractivity contribution in [3.63, 3.8) is 0 Å². The van der Waals surface area contributed by atoms with E-state index in [9.17, 15) is 9.90 Å². The van der Waals surface area contributed by atoms with E-state index in [0.717, 1.165) is 76.3 Å². The predicted octanol–water partition coefficient (Wildman–Crippen LogP) is 4.73. The Morgan fingerprint density at radius 2 is 1.93 bits per heavy atom. The molecule has 2 saturated carbocycles. The number of ether oxygens (including phenoxy) is 1. The van der Waals surface area contributed by atoms with Crippen LogP contribution in [0.15, 0.2) is 54.6 Å². The number of carbonyl (C=O) groups is 1. The summed E-state index contributed by atoms with van der Waals surface area (Å²) in [5.41, 5.74) is 13.2. The molecule has 220 valence electrons. The number of likely N-dealkylation sites (tertiary alicyclic amines) is 1. The zero-order valence-electron chi connectivity index (χ0n) is 24.5. The molecule has 3 N–H and O–H groups in total. The number of aliphatic hydroxyl groups excluding tert-OH is 1. The highest BCUT2D eigenvalue weighted by molar-refractivity contribution is 6.00. The zero-order valence-corrected chi connectivity index (χ0v) is 24.5. The van der Waals surface area contributed by atoms with E-state index in [4.69, 9.17) is 20.4 Å². The lowest BCUT2D eigenvalue weighted by molar-refractivity contribution is 0.0700. The van der Waals surface area contributed by atoms with Gasteiger partial charge in [-0.3, -0.25) is 4.79 Å². The molecular formula is C34H36N6O3. The monoisotopic (exact) mass is 576 g/mol. The number of methoxy groups -OCH3 is 1. The molecule has 3 fully saturated rings. The zero-order chi connectivity index (χ0) is 29.4. The van der Waals surface area contributed by atoms with Crippen LogP contribution >= 0.6 is 0 Å². The van der Waals surface area contributed by atoms with Gasteiger partial charge in [0.2, 0.25) is 0 Å². The molecule has 5 aromatic rings. The summed E-state index contributed by atoms with van der Waals surface area (Å²) in [7, 11) is 3.65. The number of rotatable bonds is 7. The fourth-order valence-corrected chi connectivity index (χ4v) is 7.31. The van der Waals surface area contributed by atoms with E-state index < -0.39 is 0 Å². The first kappa shape index (κ1) is 26.4. The number of amides is 1. The smallest absolute Gasteiger partial charge is 0.254 e. The van der Waals surface area contributed by atoms with Gasteiger partial charge in [0.25, 0.3) is 5.91 Å². The topological polar surface area (TPSA) is 111 Å². The first-order valence-corrected chi connectivity index (χ1v) is 15.3. The van der Waals surface area contributed by atoms with E-state index in [1.165, 1.54) is 12.8 Å². The maximum Gasteiger partial charge on any atom is 0.254 e. The summed E-state index contributed by atoms with van der Waals surface area (Å²) < 4.78 is 10.2. The van der Waals surface area contributed by atoms with Crippen molar-refractivity contribution in [2.75, 3.05) is 13.7 Å². The minimum absolute atomic E-state index is 0.0000954. The third-order valence-electron chi connectivity index (χ3n) is 9.83. The van der Waals surface area contributed by atoms with E-state index >= 15 is 0 Å². The van der Waals surface area contributed by atoms with Crippen LogP contribution in [0.5, 0.6) is 5.75 Å². The van der Waals surface area contributed by atoms with Crippen molar-refractivity contribution in [1.29, 1.82) is 0 Å². The average molecular weight is 577 g/mol. The summed E-state index contributed by atoms with van der Waals surface area (Å²) in [5, 5.41) is 10.7. The van der Waals surface area contributed by atoms with Gasteiger partial charge in [-0.05, 0) is 79.5 Å². The molecule has 9 heteroatoms. The molecule has 0 spiro atoms. The van der Waals surface area contributed by atoms with Gasteiger partial charge in [-0.25, -0.2) is 9.97 Å². The van der Waals surface area contributed by atoms with Crippen LogP contribution in [-0.4, -0.2) is 60.8 Å². The summed E-state index contributed by atoms with van der Waals surface area (Å²) in [6.07, 6.45) is 4.49. The number of nitrogens with two attached hydrogens (primary N) is 1. The molecule has 2 aliphatic carbocycles. The van der Waals surface area contributed by atoms with Crippen molar-refractivity contribution in [3.05, 3.63) is 65.7 Å². The lowest BCUT2D eigenvalue weighted by Gasteiger charge is -2.27. The molecule has 2 aromatic carbocycles. The first-order valence-electron chi connectivity index (χ1n) is 15.3. The van der Waals surface area contributed by atoms with Crippen LogP contribution < -0.4 is 10.5 Å². The number of pyridine rings is 1. The number of hydrogen-bond donors (Lipinski definition) is 2. The summed E-state index contributed by atoms with van der Waals surface area (Å²) in [5.74, 6) is 2.45. The van der Waals surface area contributed by atoms with Gasteiger partial charge in [0, 0.05) is 48.7 Å². The van der Waals surface area contributed by atoms with Crippen LogP contribution in [0.3, 0.4) is 0 Å². The molecule has 0 radical (unpaired) electrons. The fraction of sp³-hybridized carbons (Fsp3) is 0.382. The Morgan fingerprint density at radius 1 is 1.07 bits per heavy atom. The number of benzene rings is 2. The molecule has 3 aliphatic rings. The number of hydrogen-bond acceptors (Lipinski definition) is 6. The number of aromatic nitrogens is 4. The van der Waals surface area contributed by atoms with Gasteiger partial charge in [-0.1, -0.05) is 18.2 Å². The average Bonchev–Trinajstić information content (AvgIpc) is 3.44. The van der Waals surface area contributed by atoms with Gasteiger partial charge < -0.3 is 29.6 Å². The Morgan fingerprint density at radius 3 is 2.65 bits per heavy atom. The van der Waals surface area contributed by atoms with E-state index in [0.29, 0.717) is 23.1 Å². The Hall–Kier alpha value is -4.21. The van der Waals surface area contributed by atoms with Crippen molar-refractivity contribution in [2.24, 2.45) is 24.6 Å². The maximum atomic E-state index is 13.7. The number of imidazole rings is 1. The second kappa shape index (κ2) is 9.92. The number of aliphatic hydroxyl groups is 1. The number of nitrogens with zero attached hydrogens (tertiary/aromatic N) is 5. The quantitative estimate of drug-likeness (QED) is 0.290. The minimum Gasteiger partial charge on any atom is -0.494 e. The number of piperidine rings is 1. The van der Waals surface area contributed by atoms with Crippen molar-refractivity contribution in [3.8, 4) is 28.5 Å². The molecule has 43 heavy (non-hydrogen) atoms. The first-order chi connectivity index (χ1) is 20.9. The molecule has 8 rings (SSSR count). The lowest BCUT2D eigenvalue weighted by atomic mass is 10.1. The Balaban J connectivity index is 1.24. The Kier molecular flexibility index (Phi) is 6.10. The highest BCUT2D eigenvalue weighted by atomic mass is 16.5. The molecule has 1 saturated heterocycles. The highest BCUT2D eigenvalue weighted by Gasteiger charge is 2.47. The summed E-state index contributed by atoms with van der Waals surface area (Å²) >= 11 is 0. The second-order valence-corrected chi connectivity index (χ2v) is 12.5. The summed E-state index contributed by atoms with van der Waals surface area (Å²) in [6, 6.07) is 18.1. The van der Waals surface area contributed by atoms with E-state index in [1.54, 1.807) is 7.11 Å². The lowest BCUT2D eigenvalue weighted by Crippen LogP contribution is -2.41. The fourth-order valence-electron chi connectivity index (χ4n) is 7.31. The van der Waals surface area contributed by atoms with Crippen LogP contribution in [0.2, 0.25) is 0 Å². The largest absolute Gasteiger partial charge is 0.494 e. The van der Waals surface area contributed by atoms with Gasteiger partial charge in [-0.2, -0.15) is 0 Å².